The third kappa shape index (κ3) is 3.78. The third-order valence-electron chi connectivity index (χ3n) is 3.16. The van der Waals surface area contributed by atoms with Crippen molar-refractivity contribution in [2.75, 3.05) is 33.2 Å². The Hall–Kier alpha value is -1.40. The third-order valence-corrected chi connectivity index (χ3v) is 3.89. The van der Waals surface area contributed by atoms with Gasteiger partial charge in [-0.15, -0.1) is 0 Å². The van der Waals surface area contributed by atoms with Crippen molar-refractivity contribution in [1.29, 1.82) is 0 Å². The molecule has 0 saturated carbocycles. The second-order valence-electron chi connectivity index (χ2n) is 4.69. The molecule has 0 spiro atoms. The van der Waals surface area contributed by atoms with Crippen molar-refractivity contribution in [2.45, 2.75) is 13.0 Å². The number of carbonyl (C=O) groups excluding carboxylic acids is 2. The first-order valence-electron chi connectivity index (χ1n) is 6.44. The quantitative estimate of drug-likeness (QED) is 0.805. The predicted molar refractivity (Wildman–Crippen MR) is 74.9 cm³/mol. The van der Waals surface area contributed by atoms with E-state index in [0.29, 0.717) is 19.6 Å². The first-order chi connectivity index (χ1) is 9.18. The second-order valence-corrected chi connectivity index (χ2v) is 5.47. The lowest BCUT2D eigenvalue weighted by molar-refractivity contribution is -0.151. The highest BCUT2D eigenvalue weighted by atomic mass is 32.1. The molecule has 1 saturated heterocycles. The van der Waals surface area contributed by atoms with Crippen molar-refractivity contribution < 1.29 is 9.59 Å². The van der Waals surface area contributed by atoms with Crippen LogP contribution >= 0.6 is 11.3 Å². The van der Waals surface area contributed by atoms with E-state index in [2.05, 4.69) is 5.32 Å². The molecule has 1 aromatic heterocycles. The average Bonchev–Trinajstić information content (AvgIpc) is 2.77. The Morgan fingerprint density at radius 3 is 3.00 bits per heavy atom. The highest BCUT2D eigenvalue weighted by molar-refractivity contribution is 7.07. The van der Waals surface area contributed by atoms with Crippen molar-refractivity contribution in [1.82, 2.24) is 15.1 Å². The number of hydrogen-bond acceptors (Lipinski definition) is 4. The number of rotatable bonds is 2. The monoisotopic (exact) mass is 281 g/mol. The van der Waals surface area contributed by atoms with E-state index in [4.69, 9.17) is 0 Å². The van der Waals surface area contributed by atoms with Crippen LogP contribution in [-0.4, -0.2) is 54.8 Å². The smallest absolute Gasteiger partial charge is 0.312 e. The molecule has 0 bridgehead atoms. The fraction of sp³-hybridized carbons (Fsp3) is 0.538. The van der Waals surface area contributed by atoms with Gasteiger partial charge in [-0.1, -0.05) is 0 Å². The van der Waals surface area contributed by atoms with Crippen molar-refractivity contribution in [3.8, 4) is 0 Å². The van der Waals surface area contributed by atoms with Crippen LogP contribution < -0.4 is 5.32 Å². The van der Waals surface area contributed by atoms with Crippen LogP contribution in [0.15, 0.2) is 16.8 Å². The Balaban J connectivity index is 1.92. The van der Waals surface area contributed by atoms with Crippen LogP contribution in [0.25, 0.3) is 0 Å². The summed E-state index contributed by atoms with van der Waals surface area (Å²) in [6, 6.07) is 1.97. The summed E-state index contributed by atoms with van der Waals surface area (Å²) in [6.45, 7) is 3.41. The Morgan fingerprint density at radius 1 is 1.42 bits per heavy atom. The largest absolute Gasteiger partial charge is 0.333 e. The number of hydrogen-bond donors (Lipinski definition) is 1. The molecule has 2 rings (SSSR count). The number of thiophene rings is 1. The van der Waals surface area contributed by atoms with Crippen LogP contribution in [0, 0.1) is 0 Å². The Morgan fingerprint density at radius 2 is 2.26 bits per heavy atom. The van der Waals surface area contributed by atoms with Gasteiger partial charge in [0.15, 0.2) is 0 Å². The zero-order valence-corrected chi connectivity index (χ0v) is 11.9. The first-order valence-corrected chi connectivity index (χ1v) is 7.39. The molecule has 0 radical (unpaired) electrons. The molecule has 19 heavy (non-hydrogen) atoms. The van der Waals surface area contributed by atoms with E-state index in [1.807, 2.05) is 16.8 Å². The molecule has 2 amide bonds. The molecule has 0 aromatic carbocycles. The maximum absolute atomic E-state index is 12.1. The molecule has 0 aliphatic carbocycles. The molecule has 1 aromatic rings. The first kappa shape index (κ1) is 14.0. The van der Waals surface area contributed by atoms with Gasteiger partial charge in [0.25, 0.3) is 0 Å². The van der Waals surface area contributed by atoms with Crippen LogP contribution in [0.2, 0.25) is 0 Å². The van der Waals surface area contributed by atoms with Gasteiger partial charge in [0.05, 0.1) is 0 Å². The Labute approximate surface area is 117 Å². The number of nitrogens with one attached hydrogen (secondary N) is 1. The molecule has 5 nitrogen and oxygen atoms in total. The molecule has 1 aliphatic rings. The summed E-state index contributed by atoms with van der Waals surface area (Å²) < 4.78 is 0. The minimum Gasteiger partial charge on any atom is -0.333 e. The molecule has 6 heteroatoms. The van der Waals surface area contributed by atoms with E-state index in [9.17, 15) is 9.59 Å². The summed E-state index contributed by atoms with van der Waals surface area (Å²) in [5.41, 5.74) is 1.06. The second kappa shape index (κ2) is 6.68. The van der Waals surface area contributed by atoms with Gasteiger partial charge in [-0.25, -0.2) is 0 Å². The summed E-state index contributed by atoms with van der Waals surface area (Å²) in [4.78, 5) is 27.4. The number of nitrogens with zero attached hydrogens (tertiary/aromatic N) is 2. The summed E-state index contributed by atoms with van der Waals surface area (Å²) in [5, 5.41) is 7.18. The van der Waals surface area contributed by atoms with Gasteiger partial charge >= 0.3 is 11.8 Å². The number of carbonyl (C=O) groups is 2. The van der Waals surface area contributed by atoms with Gasteiger partial charge in [0.2, 0.25) is 0 Å². The fourth-order valence-electron chi connectivity index (χ4n) is 2.08. The molecular weight excluding hydrogens is 262 g/mol. The van der Waals surface area contributed by atoms with Crippen molar-refractivity contribution in [2.24, 2.45) is 0 Å². The zero-order valence-electron chi connectivity index (χ0n) is 11.1. The zero-order chi connectivity index (χ0) is 13.7. The van der Waals surface area contributed by atoms with Gasteiger partial charge in [0, 0.05) is 33.2 Å². The topological polar surface area (TPSA) is 52.7 Å². The standard InChI is InChI=1S/C13H19N3O2S/c1-15(9-11-3-8-19-10-11)12(17)13(18)16-6-2-4-14-5-7-16/h3,8,10,14H,2,4-7,9H2,1H3. The van der Waals surface area contributed by atoms with E-state index in [-0.39, 0.29) is 5.91 Å². The predicted octanol–water partition coefficient (Wildman–Crippen LogP) is 0.528. The van der Waals surface area contributed by atoms with E-state index >= 15 is 0 Å². The average molecular weight is 281 g/mol. The molecule has 104 valence electrons. The van der Waals surface area contributed by atoms with Crippen molar-refractivity contribution in [3.05, 3.63) is 22.4 Å². The van der Waals surface area contributed by atoms with Crippen LogP contribution in [0.5, 0.6) is 0 Å². The molecule has 1 N–H and O–H groups in total. The molecule has 1 fully saturated rings. The van der Waals surface area contributed by atoms with Crippen molar-refractivity contribution in [3.63, 3.8) is 0 Å². The lowest BCUT2D eigenvalue weighted by Gasteiger charge is -2.23. The van der Waals surface area contributed by atoms with Gasteiger partial charge in [-0.05, 0) is 35.4 Å². The SMILES string of the molecule is CN(Cc1ccsc1)C(=O)C(=O)N1CCCNCC1. The maximum atomic E-state index is 12.1. The highest BCUT2D eigenvalue weighted by Gasteiger charge is 2.25. The lowest BCUT2D eigenvalue weighted by Crippen LogP contribution is -2.44. The van der Waals surface area contributed by atoms with E-state index in [1.54, 1.807) is 23.3 Å². The number of likely N-dealkylation sites (N-methyl/N-ethyl adjacent to an activating group) is 1. The van der Waals surface area contributed by atoms with E-state index in [1.165, 1.54) is 4.90 Å². The summed E-state index contributed by atoms with van der Waals surface area (Å²) in [7, 11) is 1.67. The van der Waals surface area contributed by atoms with Crippen molar-refractivity contribution >= 4 is 23.2 Å². The number of amides is 2. The van der Waals surface area contributed by atoms with Crippen LogP contribution in [0.1, 0.15) is 12.0 Å². The Kier molecular flexibility index (Phi) is 4.93. The minimum atomic E-state index is -0.423. The van der Waals surface area contributed by atoms with Gasteiger partial charge < -0.3 is 15.1 Å². The van der Waals surface area contributed by atoms with Gasteiger partial charge in [0.1, 0.15) is 0 Å². The molecule has 0 unspecified atom stereocenters. The Bertz CT molecular complexity index is 425. The minimum absolute atomic E-state index is 0.388. The molecular formula is C13H19N3O2S. The maximum Gasteiger partial charge on any atom is 0.312 e. The summed E-state index contributed by atoms with van der Waals surface area (Å²) in [5.74, 6) is -0.811. The molecule has 0 atom stereocenters. The van der Waals surface area contributed by atoms with Gasteiger partial charge in [-0.3, -0.25) is 9.59 Å². The molecule has 2 heterocycles. The summed E-state index contributed by atoms with van der Waals surface area (Å²) >= 11 is 1.59. The normalized spacial score (nSPS) is 15.9. The van der Waals surface area contributed by atoms with Gasteiger partial charge in [-0.2, -0.15) is 11.3 Å². The van der Waals surface area contributed by atoms with Crippen LogP contribution in [0.3, 0.4) is 0 Å². The van der Waals surface area contributed by atoms with E-state index < -0.39 is 5.91 Å². The fourth-order valence-corrected chi connectivity index (χ4v) is 2.74. The highest BCUT2D eigenvalue weighted by Crippen LogP contribution is 2.09. The lowest BCUT2D eigenvalue weighted by atomic mass is 10.3. The van der Waals surface area contributed by atoms with E-state index in [0.717, 1.165) is 25.1 Å². The van der Waals surface area contributed by atoms with Crippen LogP contribution in [0.4, 0.5) is 0 Å². The molecule has 1 aliphatic heterocycles. The van der Waals surface area contributed by atoms with Crippen LogP contribution in [-0.2, 0) is 16.1 Å². The summed E-state index contributed by atoms with van der Waals surface area (Å²) in [6.07, 6.45) is 0.896.